The van der Waals surface area contributed by atoms with Crippen LogP contribution in [0.5, 0.6) is 11.5 Å². The second kappa shape index (κ2) is 7.79. The number of aliphatic carboxylic acids is 1. The fourth-order valence-electron chi connectivity index (χ4n) is 1.91. The van der Waals surface area contributed by atoms with Crippen LogP contribution in [0.25, 0.3) is 6.08 Å². The van der Waals surface area contributed by atoms with Crippen molar-refractivity contribution in [3.05, 3.63) is 65.7 Å². The zero-order chi connectivity index (χ0) is 16.7. The number of phenolic OH excluding ortho intramolecular Hbond substituents is 1. The Bertz CT molecular complexity index is 699. The van der Waals surface area contributed by atoms with Gasteiger partial charge in [0.05, 0.1) is 0 Å². The summed E-state index contributed by atoms with van der Waals surface area (Å²) in [6.07, 6.45) is 3.25. The quantitative estimate of drug-likeness (QED) is 0.486. The molecule has 0 fully saturated rings. The minimum absolute atomic E-state index is 0.188. The summed E-state index contributed by atoms with van der Waals surface area (Å²) in [5.74, 6) is -0.775. The lowest BCUT2D eigenvalue weighted by Crippen LogP contribution is -2.08. The van der Waals surface area contributed by atoms with E-state index in [1.165, 1.54) is 6.08 Å². The Morgan fingerprint density at radius 2 is 1.65 bits per heavy atom. The highest BCUT2D eigenvalue weighted by atomic mass is 16.5. The highest BCUT2D eigenvalue weighted by molar-refractivity contribution is 5.85. The van der Waals surface area contributed by atoms with E-state index < -0.39 is 5.97 Å². The van der Waals surface area contributed by atoms with Gasteiger partial charge in [-0.25, -0.2) is 4.79 Å². The first-order chi connectivity index (χ1) is 11.0. The third kappa shape index (κ3) is 5.67. The molecule has 2 aromatic carbocycles. The van der Waals surface area contributed by atoms with Gasteiger partial charge in [-0.1, -0.05) is 24.3 Å². The van der Waals surface area contributed by atoms with Crippen molar-refractivity contribution in [3.63, 3.8) is 0 Å². The van der Waals surface area contributed by atoms with Crippen molar-refractivity contribution in [2.75, 3.05) is 0 Å². The number of phenols is 1. The SMILES string of the molecule is O=C(O)C=Cc1ccc(OC(=O)CCc2ccc(O)cc2)cc1. The number of benzene rings is 2. The monoisotopic (exact) mass is 312 g/mol. The van der Waals surface area contributed by atoms with E-state index in [0.717, 1.165) is 11.6 Å². The number of aryl methyl sites for hydroxylation is 1. The Labute approximate surface area is 133 Å². The maximum absolute atomic E-state index is 11.8. The predicted molar refractivity (Wildman–Crippen MR) is 85.2 cm³/mol. The Kier molecular flexibility index (Phi) is 5.52. The standard InChI is InChI=1S/C18H16O5/c19-15-7-1-13(2-8-15)6-12-18(22)23-16-9-3-14(4-10-16)5-11-17(20)21/h1-5,7-11,19H,6,12H2,(H,20,21). The van der Waals surface area contributed by atoms with Crippen LogP contribution in [0.3, 0.4) is 0 Å². The van der Waals surface area contributed by atoms with Gasteiger partial charge in [0.1, 0.15) is 11.5 Å². The number of carboxylic acid groups (broad SMARTS) is 1. The predicted octanol–water partition coefficient (Wildman–Crippen LogP) is 3.03. The molecule has 2 aromatic rings. The van der Waals surface area contributed by atoms with Crippen molar-refractivity contribution in [2.24, 2.45) is 0 Å². The number of aromatic hydroxyl groups is 1. The number of carbonyl (C=O) groups excluding carboxylic acids is 1. The van der Waals surface area contributed by atoms with Gasteiger partial charge in [-0.2, -0.15) is 0 Å². The molecule has 2 rings (SSSR count). The first-order valence-electron chi connectivity index (χ1n) is 7.02. The Hall–Kier alpha value is -3.08. The van der Waals surface area contributed by atoms with Gasteiger partial charge >= 0.3 is 11.9 Å². The maximum Gasteiger partial charge on any atom is 0.328 e. The molecule has 23 heavy (non-hydrogen) atoms. The topological polar surface area (TPSA) is 83.8 Å². The van der Waals surface area contributed by atoms with E-state index >= 15 is 0 Å². The van der Waals surface area contributed by atoms with Gasteiger partial charge in [-0.05, 0) is 47.9 Å². The second-order valence-corrected chi connectivity index (χ2v) is 4.88. The lowest BCUT2D eigenvalue weighted by atomic mass is 10.1. The molecule has 0 atom stereocenters. The number of carboxylic acids is 1. The molecule has 2 N–H and O–H groups in total. The molecule has 0 aliphatic rings. The van der Waals surface area contributed by atoms with Crippen molar-refractivity contribution in [1.29, 1.82) is 0 Å². The van der Waals surface area contributed by atoms with E-state index in [1.807, 2.05) is 0 Å². The van der Waals surface area contributed by atoms with Crippen molar-refractivity contribution in [3.8, 4) is 11.5 Å². The average molecular weight is 312 g/mol. The molecule has 0 amide bonds. The number of rotatable bonds is 6. The van der Waals surface area contributed by atoms with Gasteiger partial charge in [0.2, 0.25) is 0 Å². The van der Waals surface area contributed by atoms with Crippen molar-refractivity contribution in [2.45, 2.75) is 12.8 Å². The molecular weight excluding hydrogens is 296 g/mol. The summed E-state index contributed by atoms with van der Waals surface area (Å²) in [4.78, 5) is 22.2. The summed E-state index contributed by atoms with van der Waals surface area (Å²) >= 11 is 0. The molecule has 118 valence electrons. The van der Waals surface area contributed by atoms with E-state index in [4.69, 9.17) is 9.84 Å². The molecule has 5 nitrogen and oxygen atoms in total. The van der Waals surface area contributed by atoms with Gasteiger partial charge in [0.25, 0.3) is 0 Å². The minimum Gasteiger partial charge on any atom is -0.508 e. The van der Waals surface area contributed by atoms with Crippen LogP contribution in [-0.4, -0.2) is 22.2 Å². The third-order valence-corrected chi connectivity index (χ3v) is 3.08. The van der Waals surface area contributed by atoms with E-state index in [9.17, 15) is 14.7 Å². The van der Waals surface area contributed by atoms with E-state index in [1.54, 1.807) is 48.5 Å². The molecule has 0 aromatic heterocycles. The highest BCUT2D eigenvalue weighted by Gasteiger charge is 2.05. The third-order valence-electron chi connectivity index (χ3n) is 3.08. The van der Waals surface area contributed by atoms with Gasteiger partial charge in [0, 0.05) is 12.5 Å². The van der Waals surface area contributed by atoms with E-state index in [-0.39, 0.29) is 18.1 Å². The molecule has 0 aliphatic carbocycles. The van der Waals surface area contributed by atoms with Crippen LogP contribution in [0.2, 0.25) is 0 Å². The Morgan fingerprint density at radius 1 is 1.00 bits per heavy atom. The fourth-order valence-corrected chi connectivity index (χ4v) is 1.91. The average Bonchev–Trinajstić information content (AvgIpc) is 2.53. The fraction of sp³-hybridized carbons (Fsp3) is 0.111. The molecule has 0 heterocycles. The number of carbonyl (C=O) groups is 2. The highest BCUT2D eigenvalue weighted by Crippen LogP contribution is 2.15. The molecule has 0 saturated heterocycles. The lowest BCUT2D eigenvalue weighted by Gasteiger charge is -2.05. The van der Waals surface area contributed by atoms with Crippen LogP contribution in [0.15, 0.2) is 54.6 Å². The second-order valence-electron chi connectivity index (χ2n) is 4.88. The van der Waals surface area contributed by atoms with Crippen LogP contribution < -0.4 is 4.74 Å². The number of hydrogen-bond acceptors (Lipinski definition) is 4. The molecule has 0 aliphatic heterocycles. The van der Waals surface area contributed by atoms with Crippen LogP contribution in [-0.2, 0) is 16.0 Å². The van der Waals surface area contributed by atoms with Crippen LogP contribution in [0, 0.1) is 0 Å². The van der Waals surface area contributed by atoms with Crippen molar-refractivity contribution >= 4 is 18.0 Å². The first-order valence-corrected chi connectivity index (χ1v) is 7.02. The Balaban J connectivity index is 1.85. The summed E-state index contributed by atoms with van der Waals surface area (Å²) in [5, 5.41) is 17.7. The van der Waals surface area contributed by atoms with Crippen LogP contribution in [0.1, 0.15) is 17.5 Å². The molecule has 0 spiro atoms. The first kappa shape index (κ1) is 16.3. The largest absolute Gasteiger partial charge is 0.508 e. The number of esters is 1. The van der Waals surface area contributed by atoms with Crippen LogP contribution in [0.4, 0.5) is 0 Å². The summed E-state index contributed by atoms with van der Waals surface area (Å²) < 4.78 is 5.21. The van der Waals surface area contributed by atoms with E-state index in [2.05, 4.69) is 0 Å². The zero-order valence-corrected chi connectivity index (χ0v) is 12.3. The minimum atomic E-state index is -1.02. The van der Waals surface area contributed by atoms with Crippen molar-refractivity contribution in [1.82, 2.24) is 0 Å². The summed E-state index contributed by atoms with van der Waals surface area (Å²) in [5.41, 5.74) is 1.64. The van der Waals surface area contributed by atoms with Gasteiger partial charge in [0.15, 0.2) is 0 Å². The molecule has 0 radical (unpaired) electrons. The lowest BCUT2D eigenvalue weighted by molar-refractivity contribution is -0.134. The maximum atomic E-state index is 11.8. The van der Waals surface area contributed by atoms with Crippen molar-refractivity contribution < 1.29 is 24.5 Å². The number of hydrogen-bond donors (Lipinski definition) is 2. The molecule has 5 heteroatoms. The van der Waals surface area contributed by atoms with Gasteiger partial charge in [-0.15, -0.1) is 0 Å². The zero-order valence-electron chi connectivity index (χ0n) is 12.3. The molecule has 0 bridgehead atoms. The van der Waals surface area contributed by atoms with Crippen LogP contribution >= 0.6 is 0 Å². The molecular formula is C18H16O5. The summed E-state index contributed by atoms with van der Waals surface area (Å²) in [6.45, 7) is 0. The summed E-state index contributed by atoms with van der Waals surface area (Å²) in [6, 6.07) is 13.2. The smallest absolute Gasteiger partial charge is 0.328 e. The normalized spacial score (nSPS) is 10.6. The summed E-state index contributed by atoms with van der Waals surface area (Å²) in [7, 11) is 0. The molecule has 0 unspecified atom stereocenters. The van der Waals surface area contributed by atoms with E-state index in [0.29, 0.717) is 17.7 Å². The van der Waals surface area contributed by atoms with Gasteiger partial charge < -0.3 is 14.9 Å². The number of ether oxygens (including phenoxy) is 1. The molecule has 0 saturated carbocycles. The Morgan fingerprint density at radius 3 is 2.26 bits per heavy atom. The van der Waals surface area contributed by atoms with Gasteiger partial charge in [-0.3, -0.25) is 4.79 Å².